The van der Waals surface area contributed by atoms with Crippen molar-refractivity contribution in [2.75, 3.05) is 32.9 Å². The highest BCUT2D eigenvalue weighted by molar-refractivity contribution is 5.43. The van der Waals surface area contributed by atoms with Gasteiger partial charge in [-0.2, -0.15) is 0 Å². The summed E-state index contributed by atoms with van der Waals surface area (Å²) in [4.78, 5) is 2.47. The largest absolute Gasteiger partial charge is 0.486 e. The minimum Gasteiger partial charge on any atom is -0.486 e. The summed E-state index contributed by atoms with van der Waals surface area (Å²) in [5.41, 5.74) is 1.28. The van der Waals surface area contributed by atoms with Gasteiger partial charge in [0.2, 0.25) is 0 Å². The number of hydrogen-bond donors (Lipinski definition) is 0. The lowest BCUT2D eigenvalue weighted by Crippen LogP contribution is -2.39. The van der Waals surface area contributed by atoms with Gasteiger partial charge in [-0.3, -0.25) is 4.90 Å². The molecule has 0 radical (unpaired) electrons. The third-order valence-corrected chi connectivity index (χ3v) is 3.88. The minimum atomic E-state index is 0.394. The smallest absolute Gasteiger partial charge is 0.161 e. The van der Waals surface area contributed by atoms with Crippen LogP contribution in [0.3, 0.4) is 0 Å². The van der Waals surface area contributed by atoms with Crippen LogP contribution in [0.2, 0.25) is 0 Å². The van der Waals surface area contributed by atoms with Gasteiger partial charge in [-0.05, 0) is 44.0 Å². The van der Waals surface area contributed by atoms with E-state index in [4.69, 9.17) is 14.2 Å². The Balaban J connectivity index is 1.62. The molecule has 2 heterocycles. The minimum absolute atomic E-state index is 0.394. The summed E-state index contributed by atoms with van der Waals surface area (Å²) in [6.45, 7) is 7.31. The Hall–Kier alpha value is -1.26. The molecular formula is C16H23NO3. The van der Waals surface area contributed by atoms with E-state index in [1.165, 1.54) is 18.4 Å². The summed E-state index contributed by atoms with van der Waals surface area (Å²) in [5, 5.41) is 0. The van der Waals surface area contributed by atoms with Gasteiger partial charge in [0.05, 0.1) is 6.10 Å². The third kappa shape index (κ3) is 3.25. The van der Waals surface area contributed by atoms with E-state index in [0.29, 0.717) is 19.3 Å². The molecule has 1 atom stereocenters. The maximum atomic E-state index is 5.75. The summed E-state index contributed by atoms with van der Waals surface area (Å²) in [6, 6.07) is 6.27. The first kappa shape index (κ1) is 13.7. The van der Waals surface area contributed by atoms with Crippen molar-refractivity contribution in [3.8, 4) is 11.5 Å². The average molecular weight is 277 g/mol. The van der Waals surface area contributed by atoms with E-state index < -0.39 is 0 Å². The van der Waals surface area contributed by atoms with E-state index in [9.17, 15) is 0 Å². The molecule has 0 aromatic heterocycles. The molecule has 2 aliphatic rings. The van der Waals surface area contributed by atoms with E-state index in [1.54, 1.807) is 0 Å². The van der Waals surface area contributed by atoms with Crippen molar-refractivity contribution < 1.29 is 14.2 Å². The van der Waals surface area contributed by atoms with E-state index in [-0.39, 0.29) is 0 Å². The molecular weight excluding hydrogens is 254 g/mol. The van der Waals surface area contributed by atoms with Gasteiger partial charge in [-0.25, -0.2) is 0 Å². The number of nitrogens with zero attached hydrogens (tertiary/aromatic N) is 1. The summed E-state index contributed by atoms with van der Waals surface area (Å²) in [6.07, 6.45) is 2.80. The molecule has 1 fully saturated rings. The monoisotopic (exact) mass is 277 g/mol. The number of benzene rings is 1. The Labute approximate surface area is 120 Å². The summed E-state index contributed by atoms with van der Waals surface area (Å²) in [5.74, 6) is 1.75. The predicted octanol–water partition coefficient (Wildman–Crippen LogP) is 2.46. The van der Waals surface area contributed by atoms with Crippen molar-refractivity contribution in [1.82, 2.24) is 4.90 Å². The first-order chi connectivity index (χ1) is 9.85. The average Bonchev–Trinajstić information content (AvgIpc) is 2.48. The van der Waals surface area contributed by atoms with Crippen molar-refractivity contribution in [1.29, 1.82) is 0 Å². The Morgan fingerprint density at radius 1 is 1.25 bits per heavy atom. The summed E-state index contributed by atoms with van der Waals surface area (Å²) in [7, 11) is 0. The lowest BCUT2D eigenvalue weighted by atomic mass is 10.1. The molecule has 3 rings (SSSR count). The SMILES string of the molecule is CCO[C@H]1CCCN(Cc2ccc3c(c2)OCCO3)C1. The van der Waals surface area contributed by atoms with Crippen LogP contribution in [0, 0.1) is 0 Å². The number of hydrogen-bond acceptors (Lipinski definition) is 4. The molecule has 1 saturated heterocycles. The Morgan fingerprint density at radius 3 is 2.95 bits per heavy atom. The topological polar surface area (TPSA) is 30.9 Å². The number of fused-ring (bicyclic) bond motifs is 1. The lowest BCUT2D eigenvalue weighted by molar-refractivity contribution is 0.00360. The van der Waals surface area contributed by atoms with Crippen molar-refractivity contribution in [3.05, 3.63) is 23.8 Å². The number of ether oxygens (including phenoxy) is 3. The van der Waals surface area contributed by atoms with Gasteiger partial charge in [0.15, 0.2) is 11.5 Å². The molecule has 0 aliphatic carbocycles. The zero-order valence-corrected chi connectivity index (χ0v) is 12.1. The van der Waals surface area contributed by atoms with Gasteiger partial charge in [-0.15, -0.1) is 0 Å². The molecule has 0 amide bonds. The molecule has 20 heavy (non-hydrogen) atoms. The van der Waals surface area contributed by atoms with Crippen LogP contribution < -0.4 is 9.47 Å². The van der Waals surface area contributed by atoms with Crippen LogP contribution in [-0.4, -0.2) is 43.9 Å². The van der Waals surface area contributed by atoms with Crippen LogP contribution >= 0.6 is 0 Å². The molecule has 0 spiro atoms. The molecule has 0 N–H and O–H groups in total. The number of likely N-dealkylation sites (tertiary alicyclic amines) is 1. The Kier molecular flexibility index (Phi) is 4.43. The van der Waals surface area contributed by atoms with Crippen molar-refractivity contribution in [3.63, 3.8) is 0 Å². The molecule has 4 heteroatoms. The molecule has 110 valence electrons. The maximum Gasteiger partial charge on any atom is 0.161 e. The zero-order chi connectivity index (χ0) is 13.8. The second kappa shape index (κ2) is 6.46. The second-order valence-corrected chi connectivity index (χ2v) is 5.43. The lowest BCUT2D eigenvalue weighted by Gasteiger charge is -2.32. The van der Waals surface area contributed by atoms with E-state index in [0.717, 1.165) is 37.7 Å². The summed E-state index contributed by atoms with van der Waals surface area (Å²) >= 11 is 0. The van der Waals surface area contributed by atoms with Crippen molar-refractivity contribution in [2.24, 2.45) is 0 Å². The Bertz CT molecular complexity index is 447. The third-order valence-electron chi connectivity index (χ3n) is 3.88. The summed E-state index contributed by atoms with van der Waals surface area (Å²) < 4.78 is 17.0. The second-order valence-electron chi connectivity index (χ2n) is 5.43. The number of rotatable bonds is 4. The first-order valence-corrected chi connectivity index (χ1v) is 7.57. The molecule has 0 bridgehead atoms. The van der Waals surface area contributed by atoms with Crippen molar-refractivity contribution in [2.45, 2.75) is 32.4 Å². The predicted molar refractivity (Wildman–Crippen MR) is 77.4 cm³/mol. The Morgan fingerprint density at radius 2 is 2.10 bits per heavy atom. The van der Waals surface area contributed by atoms with Gasteiger partial charge >= 0.3 is 0 Å². The van der Waals surface area contributed by atoms with Crippen LogP contribution in [0.4, 0.5) is 0 Å². The van der Waals surface area contributed by atoms with Gasteiger partial charge in [0.25, 0.3) is 0 Å². The quantitative estimate of drug-likeness (QED) is 0.846. The van der Waals surface area contributed by atoms with E-state index in [1.807, 2.05) is 6.07 Å². The van der Waals surface area contributed by atoms with E-state index in [2.05, 4.69) is 24.0 Å². The molecule has 0 saturated carbocycles. The van der Waals surface area contributed by atoms with Crippen LogP contribution in [0.1, 0.15) is 25.3 Å². The maximum absolute atomic E-state index is 5.75. The van der Waals surface area contributed by atoms with Crippen LogP contribution in [-0.2, 0) is 11.3 Å². The van der Waals surface area contributed by atoms with Gasteiger partial charge in [-0.1, -0.05) is 6.07 Å². The molecule has 1 aromatic rings. The van der Waals surface area contributed by atoms with Gasteiger partial charge in [0, 0.05) is 19.7 Å². The fourth-order valence-electron chi connectivity index (χ4n) is 2.97. The fourth-order valence-corrected chi connectivity index (χ4v) is 2.97. The molecule has 2 aliphatic heterocycles. The van der Waals surface area contributed by atoms with Crippen LogP contribution in [0.25, 0.3) is 0 Å². The standard InChI is InChI=1S/C16H23NO3/c1-2-18-14-4-3-7-17(12-14)11-13-5-6-15-16(10-13)20-9-8-19-15/h5-6,10,14H,2-4,7-9,11-12H2,1H3/t14-/m0/s1. The highest BCUT2D eigenvalue weighted by atomic mass is 16.6. The normalized spacial score (nSPS) is 22.8. The number of piperidine rings is 1. The molecule has 4 nitrogen and oxygen atoms in total. The van der Waals surface area contributed by atoms with Gasteiger partial charge in [0.1, 0.15) is 13.2 Å². The molecule has 1 aromatic carbocycles. The van der Waals surface area contributed by atoms with Crippen molar-refractivity contribution >= 4 is 0 Å². The van der Waals surface area contributed by atoms with E-state index >= 15 is 0 Å². The van der Waals surface area contributed by atoms with Gasteiger partial charge < -0.3 is 14.2 Å². The van der Waals surface area contributed by atoms with Crippen LogP contribution in [0.15, 0.2) is 18.2 Å². The highest BCUT2D eigenvalue weighted by Gasteiger charge is 2.20. The molecule has 0 unspecified atom stereocenters. The highest BCUT2D eigenvalue weighted by Crippen LogP contribution is 2.31. The fraction of sp³-hybridized carbons (Fsp3) is 0.625. The van der Waals surface area contributed by atoms with Crippen LogP contribution in [0.5, 0.6) is 11.5 Å². The zero-order valence-electron chi connectivity index (χ0n) is 12.1. The first-order valence-electron chi connectivity index (χ1n) is 7.57.